The van der Waals surface area contributed by atoms with Gasteiger partial charge < -0.3 is 4.98 Å². The van der Waals surface area contributed by atoms with Gasteiger partial charge in [-0.05, 0) is 18.2 Å². The lowest BCUT2D eigenvalue weighted by Crippen LogP contribution is -1.89. The normalized spacial score (nSPS) is 10.7. The fraction of sp³-hybridized carbons (Fsp3) is 0. The highest BCUT2D eigenvalue weighted by Crippen LogP contribution is 2.15. The summed E-state index contributed by atoms with van der Waals surface area (Å²) in [5.41, 5.74) is 1.91. The van der Waals surface area contributed by atoms with E-state index in [0.717, 1.165) is 22.4 Å². The highest BCUT2D eigenvalue weighted by atomic mass is 14.9. The van der Waals surface area contributed by atoms with Crippen LogP contribution < -0.4 is 0 Å². The van der Waals surface area contributed by atoms with Crippen LogP contribution >= 0.6 is 0 Å². The van der Waals surface area contributed by atoms with Crippen LogP contribution in [-0.2, 0) is 0 Å². The SMILES string of the molecule is c1c[nH]c(-c2ncc3ccccc3n2)c1. The zero-order valence-corrected chi connectivity index (χ0v) is 8.01. The van der Waals surface area contributed by atoms with Gasteiger partial charge in [-0.3, -0.25) is 0 Å². The van der Waals surface area contributed by atoms with E-state index in [-0.39, 0.29) is 0 Å². The van der Waals surface area contributed by atoms with Crippen molar-refractivity contribution in [2.24, 2.45) is 0 Å². The first kappa shape index (κ1) is 8.17. The number of hydrogen-bond donors (Lipinski definition) is 1. The van der Waals surface area contributed by atoms with Crippen molar-refractivity contribution in [3.05, 3.63) is 48.8 Å². The summed E-state index contributed by atoms with van der Waals surface area (Å²) in [5, 5.41) is 1.06. The average molecular weight is 195 g/mol. The average Bonchev–Trinajstić information content (AvgIpc) is 2.82. The molecule has 0 bridgehead atoms. The summed E-state index contributed by atoms with van der Waals surface area (Å²) in [7, 11) is 0. The van der Waals surface area contributed by atoms with Crippen molar-refractivity contribution in [1.82, 2.24) is 15.0 Å². The minimum Gasteiger partial charge on any atom is -0.359 e. The Hall–Kier alpha value is -2.16. The lowest BCUT2D eigenvalue weighted by Gasteiger charge is -1.99. The molecule has 0 unspecified atom stereocenters. The van der Waals surface area contributed by atoms with Gasteiger partial charge in [0, 0.05) is 17.8 Å². The first-order valence-corrected chi connectivity index (χ1v) is 4.79. The number of rotatable bonds is 1. The fourth-order valence-corrected chi connectivity index (χ4v) is 1.57. The molecule has 2 heterocycles. The maximum Gasteiger partial charge on any atom is 0.176 e. The molecule has 3 nitrogen and oxygen atoms in total. The summed E-state index contributed by atoms with van der Waals surface area (Å²) < 4.78 is 0. The van der Waals surface area contributed by atoms with E-state index in [1.165, 1.54) is 0 Å². The summed E-state index contributed by atoms with van der Waals surface area (Å²) in [6.07, 6.45) is 3.71. The molecule has 0 spiro atoms. The molecule has 0 amide bonds. The van der Waals surface area contributed by atoms with Gasteiger partial charge >= 0.3 is 0 Å². The third-order valence-electron chi connectivity index (χ3n) is 2.33. The van der Waals surface area contributed by atoms with Crippen molar-refractivity contribution < 1.29 is 0 Å². The number of para-hydroxylation sites is 1. The van der Waals surface area contributed by atoms with Crippen LogP contribution in [0.25, 0.3) is 22.4 Å². The molecule has 3 heteroatoms. The van der Waals surface area contributed by atoms with Crippen molar-refractivity contribution in [2.75, 3.05) is 0 Å². The van der Waals surface area contributed by atoms with Gasteiger partial charge in [0.2, 0.25) is 0 Å². The number of nitrogens with one attached hydrogen (secondary N) is 1. The predicted octanol–water partition coefficient (Wildman–Crippen LogP) is 2.62. The molecule has 3 aromatic rings. The summed E-state index contributed by atoms with van der Waals surface area (Å²) in [6.45, 7) is 0. The number of fused-ring (bicyclic) bond motifs is 1. The molecular formula is C12H9N3. The van der Waals surface area contributed by atoms with Gasteiger partial charge in [0.1, 0.15) is 0 Å². The van der Waals surface area contributed by atoms with Crippen molar-refractivity contribution in [3.8, 4) is 11.5 Å². The summed E-state index contributed by atoms with van der Waals surface area (Å²) >= 11 is 0. The summed E-state index contributed by atoms with van der Waals surface area (Å²) in [6, 6.07) is 11.9. The lowest BCUT2D eigenvalue weighted by molar-refractivity contribution is 1.20. The predicted molar refractivity (Wildman–Crippen MR) is 59.3 cm³/mol. The minimum atomic E-state index is 0.735. The zero-order valence-electron chi connectivity index (χ0n) is 8.01. The Balaban J connectivity index is 2.22. The third-order valence-corrected chi connectivity index (χ3v) is 2.33. The number of aromatic nitrogens is 3. The molecule has 0 radical (unpaired) electrons. The minimum absolute atomic E-state index is 0.735. The van der Waals surface area contributed by atoms with E-state index < -0.39 is 0 Å². The molecule has 1 aromatic carbocycles. The summed E-state index contributed by atoms with van der Waals surface area (Å²) in [4.78, 5) is 11.9. The molecule has 0 aliphatic heterocycles. The smallest absolute Gasteiger partial charge is 0.176 e. The zero-order chi connectivity index (χ0) is 10.1. The quantitative estimate of drug-likeness (QED) is 0.648. The van der Waals surface area contributed by atoms with Crippen LogP contribution in [0.5, 0.6) is 0 Å². The van der Waals surface area contributed by atoms with Gasteiger partial charge in [-0.15, -0.1) is 0 Å². The summed E-state index contributed by atoms with van der Waals surface area (Å²) in [5.74, 6) is 0.735. The van der Waals surface area contributed by atoms with Crippen LogP contribution in [0.15, 0.2) is 48.8 Å². The van der Waals surface area contributed by atoms with Gasteiger partial charge in [0.25, 0.3) is 0 Å². The standard InChI is InChI=1S/C12H9N3/c1-2-5-10-9(4-1)8-14-12(15-10)11-6-3-7-13-11/h1-8,13H. The highest BCUT2D eigenvalue weighted by molar-refractivity contribution is 5.78. The van der Waals surface area contributed by atoms with Gasteiger partial charge in [0.15, 0.2) is 5.82 Å². The van der Waals surface area contributed by atoms with E-state index in [1.807, 2.05) is 48.8 Å². The molecule has 0 saturated heterocycles. The first-order chi connectivity index (χ1) is 7.43. The molecule has 15 heavy (non-hydrogen) atoms. The van der Waals surface area contributed by atoms with E-state index in [1.54, 1.807) is 0 Å². The Bertz CT molecular complexity index is 585. The van der Waals surface area contributed by atoms with E-state index in [9.17, 15) is 0 Å². The van der Waals surface area contributed by atoms with Crippen LogP contribution in [0.4, 0.5) is 0 Å². The molecule has 3 rings (SSSR count). The molecule has 0 aliphatic rings. The van der Waals surface area contributed by atoms with Crippen LogP contribution in [0, 0.1) is 0 Å². The van der Waals surface area contributed by atoms with Crippen molar-refractivity contribution >= 4 is 10.9 Å². The van der Waals surface area contributed by atoms with E-state index in [0.29, 0.717) is 0 Å². The second-order valence-electron chi connectivity index (χ2n) is 3.34. The van der Waals surface area contributed by atoms with Crippen LogP contribution in [-0.4, -0.2) is 15.0 Å². The maximum absolute atomic E-state index is 4.48. The van der Waals surface area contributed by atoms with Crippen molar-refractivity contribution in [2.45, 2.75) is 0 Å². The van der Waals surface area contributed by atoms with Gasteiger partial charge in [-0.1, -0.05) is 18.2 Å². The van der Waals surface area contributed by atoms with Crippen LogP contribution in [0.1, 0.15) is 0 Å². The number of benzene rings is 1. The van der Waals surface area contributed by atoms with E-state index in [2.05, 4.69) is 15.0 Å². The second-order valence-corrected chi connectivity index (χ2v) is 3.34. The Morgan fingerprint density at radius 2 is 1.93 bits per heavy atom. The Morgan fingerprint density at radius 3 is 2.80 bits per heavy atom. The van der Waals surface area contributed by atoms with Crippen LogP contribution in [0.2, 0.25) is 0 Å². The van der Waals surface area contributed by atoms with Gasteiger partial charge in [-0.2, -0.15) is 0 Å². The molecule has 0 saturated carbocycles. The number of H-pyrrole nitrogens is 1. The molecule has 0 atom stereocenters. The molecular weight excluding hydrogens is 186 g/mol. The van der Waals surface area contributed by atoms with E-state index >= 15 is 0 Å². The Kier molecular flexibility index (Phi) is 1.75. The third kappa shape index (κ3) is 1.38. The number of nitrogens with zero attached hydrogens (tertiary/aromatic N) is 2. The van der Waals surface area contributed by atoms with Crippen LogP contribution in [0.3, 0.4) is 0 Å². The van der Waals surface area contributed by atoms with Crippen molar-refractivity contribution in [1.29, 1.82) is 0 Å². The molecule has 72 valence electrons. The molecule has 0 fully saturated rings. The van der Waals surface area contributed by atoms with Crippen molar-refractivity contribution in [3.63, 3.8) is 0 Å². The largest absolute Gasteiger partial charge is 0.359 e. The number of aromatic amines is 1. The first-order valence-electron chi connectivity index (χ1n) is 4.79. The monoisotopic (exact) mass is 195 g/mol. The molecule has 0 aliphatic carbocycles. The van der Waals surface area contributed by atoms with Gasteiger partial charge in [0.05, 0.1) is 11.2 Å². The molecule has 1 N–H and O–H groups in total. The molecule has 2 aromatic heterocycles. The Labute approximate surface area is 86.8 Å². The lowest BCUT2D eigenvalue weighted by atomic mass is 10.2. The highest BCUT2D eigenvalue weighted by Gasteiger charge is 2.02. The topological polar surface area (TPSA) is 41.6 Å². The second kappa shape index (κ2) is 3.20. The fourth-order valence-electron chi connectivity index (χ4n) is 1.57. The van der Waals surface area contributed by atoms with E-state index in [4.69, 9.17) is 0 Å². The van der Waals surface area contributed by atoms with Gasteiger partial charge in [-0.25, -0.2) is 9.97 Å². The maximum atomic E-state index is 4.48. The number of hydrogen-bond acceptors (Lipinski definition) is 2. The Morgan fingerprint density at radius 1 is 1.00 bits per heavy atom.